The summed E-state index contributed by atoms with van der Waals surface area (Å²) < 4.78 is 5.08. The number of rotatable bonds is 4. The number of terminal acetylenes is 1. The van der Waals surface area contributed by atoms with Gasteiger partial charge in [0.15, 0.2) is 0 Å². The number of methoxy groups -OCH3 is 1. The third kappa shape index (κ3) is 3.41. The van der Waals surface area contributed by atoms with Crippen LogP contribution in [0.2, 0.25) is 0 Å². The number of hydrogen-bond donors (Lipinski definition) is 1. The molecule has 0 rings (SSSR count). The average molecular weight is 156 g/mol. The molecule has 0 radical (unpaired) electrons. The normalized spacial score (nSPS) is 16.0. The second-order valence-corrected chi connectivity index (χ2v) is 2.92. The third-order valence-corrected chi connectivity index (χ3v) is 1.64. The molecule has 2 nitrogen and oxygen atoms in total. The molecule has 0 amide bonds. The van der Waals surface area contributed by atoms with E-state index in [0.29, 0.717) is 12.3 Å². The fraction of sp³-hybridized carbons (Fsp3) is 0.778. The standard InChI is InChI=1S/C9H16O2/c1-5-6-8(10)9(11-4)7(2)3/h1,7-10H,6H2,2-4H3. The molecular weight excluding hydrogens is 140 g/mol. The van der Waals surface area contributed by atoms with E-state index in [1.54, 1.807) is 7.11 Å². The van der Waals surface area contributed by atoms with Gasteiger partial charge in [-0.2, -0.15) is 0 Å². The van der Waals surface area contributed by atoms with Crippen molar-refractivity contribution in [3.05, 3.63) is 0 Å². The minimum absolute atomic E-state index is 0.147. The molecule has 0 spiro atoms. The van der Waals surface area contributed by atoms with Crippen LogP contribution in [0.5, 0.6) is 0 Å². The van der Waals surface area contributed by atoms with Crippen molar-refractivity contribution in [3.63, 3.8) is 0 Å². The van der Waals surface area contributed by atoms with Crippen LogP contribution >= 0.6 is 0 Å². The van der Waals surface area contributed by atoms with E-state index in [1.165, 1.54) is 0 Å². The Hall–Kier alpha value is -0.520. The lowest BCUT2D eigenvalue weighted by Crippen LogP contribution is -2.32. The Morgan fingerprint density at radius 2 is 2.09 bits per heavy atom. The van der Waals surface area contributed by atoms with Gasteiger partial charge in [0.1, 0.15) is 0 Å². The van der Waals surface area contributed by atoms with Crippen LogP contribution in [-0.4, -0.2) is 24.4 Å². The topological polar surface area (TPSA) is 29.5 Å². The molecule has 0 aliphatic carbocycles. The number of ether oxygens (including phenoxy) is 1. The van der Waals surface area contributed by atoms with E-state index in [9.17, 15) is 5.11 Å². The van der Waals surface area contributed by atoms with Crippen LogP contribution < -0.4 is 0 Å². The van der Waals surface area contributed by atoms with Gasteiger partial charge in [-0.3, -0.25) is 0 Å². The van der Waals surface area contributed by atoms with Crippen molar-refractivity contribution >= 4 is 0 Å². The van der Waals surface area contributed by atoms with Gasteiger partial charge < -0.3 is 9.84 Å². The zero-order valence-corrected chi connectivity index (χ0v) is 7.37. The SMILES string of the molecule is C#CCC(O)C(OC)C(C)C. The molecule has 0 bridgehead atoms. The van der Waals surface area contributed by atoms with Crippen LogP contribution in [0.25, 0.3) is 0 Å². The lowest BCUT2D eigenvalue weighted by molar-refractivity contribution is -0.0347. The molecule has 0 aliphatic heterocycles. The van der Waals surface area contributed by atoms with Gasteiger partial charge in [0, 0.05) is 13.5 Å². The summed E-state index contributed by atoms with van der Waals surface area (Å²) in [5, 5.41) is 9.41. The fourth-order valence-electron chi connectivity index (χ4n) is 1.11. The van der Waals surface area contributed by atoms with E-state index < -0.39 is 6.10 Å². The summed E-state index contributed by atoms with van der Waals surface area (Å²) in [4.78, 5) is 0. The summed E-state index contributed by atoms with van der Waals surface area (Å²) in [6, 6.07) is 0. The molecule has 11 heavy (non-hydrogen) atoms. The molecule has 0 heterocycles. The second kappa shape index (κ2) is 5.17. The quantitative estimate of drug-likeness (QED) is 0.616. The zero-order valence-electron chi connectivity index (χ0n) is 7.37. The highest BCUT2D eigenvalue weighted by Gasteiger charge is 2.20. The first-order chi connectivity index (χ1) is 5.13. The second-order valence-electron chi connectivity index (χ2n) is 2.92. The number of hydrogen-bond acceptors (Lipinski definition) is 2. The van der Waals surface area contributed by atoms with Gasteiger partial charge in [0.25, 0.3) is 0 Å². The van der Waals surface area contributed by atoms with Crippen LogP contribution in [0.3, 0.4) is 0 Å². The van der Waals surface area contributed by atoms with Crippen molar-refractivity contribution < 1.29 is 9.84 Å². The first-order valence-electron chi connectivity index (χ1n) is 3.77. The minimum atomic E-state index is -0.537. The highest BCUT2D eigenvalue weighted by Crippen LogP contribution is 2.12. The molecule has 0 aromatic carbocycles. The van der Waals surface area contributed by atoms with Gasteiger partial charge in [-0.1, -0.05) is 13.8 Å². The Bertz CT molecular complexity index is 135. The van der Waals surface area contributed by atoms with Crippen molar-refractivity contribution in [1.29, 1.82) is 0 Å². The largest absolute Gasteiger partial charge is 0.389 e. The summed E-state index contributed by atoms with van der Waals surface area (Å²) >= 11 is 0. The maximum Gasteiger partial charge on any atom is 0.0912 e. The lowest BCUT2D eigenvalue weighted by atomic mass is 10.00. The first kappa shape index (κ1) is 10.5. The van der Waals surface area contributed by atoms with Crippen molar-refractivity contribution in [2.45, 2.75) is 32.5 Å². The van der Waals surface area contributed by atoms with E-state index in [4.69, 9.17) is 11.2 Å². The van der Waals surface area contributed by atoms with Crippen molar-refractivity contribution in [3.8, 4) is 12.3 Å². The molecule has 0 saturated carbocycles. The van der Waals surface area contributed by atoms with E-state index in [2.05, 4.69) is 5.92 Å². The molecule has 1 N–H and O–H groups in total. The molecule has 64 valence electrons. The monoisotopic (exact) mass is 156 g/mol. The Kier molecular flexibility index (Phi) is 4.93. The molecule has 0 fully saturated rings. The van der Waals surface area contributed by atoms with E-state index in [1.807, 2.05) is 13.8 Å². The Balaban J connectivity index is 3.93. The van der Waals surface area contributed by atoms with Gasteiger partial charge in [-0.05, 0) is 5.92 Å². The van der Waals surface area contributed by atoms with Gasteiger partial charge in [0.2, 0.25) is 0 Å². The smallest absolute Gasteiger partial charge is 0.0912 e. The lowest BCUT2D eigenvalue weighted by Gasteiger charge is -2.23. The maximum absolute atomic E-state index is 9.41. The van der Waals surface area contributed by atoms with Gasteiger partial charge in [-0.15, -0.1) is 12.3 Å². The number of aliphatic hydroxyl groups is 1. The summed E-state index contributed by atoms with van der Waals surface area (Å²) in [6.07, 6.45) is 4.73. The van der Waals surface area contributed by atoms with Crippen LogP contribution in [0, 0.1) is 18.3 Å². The summed E-state index contributed by atoms with van der Waals surface area (Å²) in [5.41, 5.74) is 0. The minimum Gasteiger partial charge on any atom is -0.389 e. The molecule has 2 heteroatoms. The maximum atomic E-state index is 9.41. The van der Waals surface area contributed by atoms with Crippen molar-refractivity contribution in [2.24, 2.45) is 5.92 Å². The van der Waals surface area contributed by atoms with E-state index in [-0.39, 0.29) is 6.10 Å². The highest BCUT2D eigenvalue weighted by molar-refractivity contribution is 4.90. The zero-order chi connectivity index (χ0) is 8.85. The van der Waals surface area contributed by atoms with Crippen molar-refractivity contribution in [1.82, 2.24) is 0 Å². The van der Waals surface area contributed by atoms with Crippen molar-refractivity contribution in [2.75, 3.05) is 7.11 Å². The predicted molar refractivity (Wildman–Crippen MR) is 45.1 cm³/mol. The van der Waals surface area contributed by atoms with Crippen LogP contribution in [-0.2, 0) is 4.74 Å². The molecule has 0 aliphatic rings. The van der Waals surface area contributed by atoms with Crippen LogP contribution in [0.15, 0.2) is 0 Å². The molecule has 0 saturated heterocycles. The summed E-state index contributed by atoms with van der Waals surface area (Å²) in [7, 11) is 1.59. The molecular formula is C9H16O2. The van der Waals surface area contributed by atoms with E-state index in [0.717, 1.165) is 0 Å². The Morgan fingerprint density at radius 1 is 1.55 bits per heavy atom. The molecule has 2 unspecified atom stereocenters. The first-order valence-corrected chi connectivity index (χ1v) is 3.77. The Morgan fingerprint density at radius 3 is 2.36 bits per heavy atom. The van der Waals surface area contributed by atoms with Crippen LogP contribution in [0.4, 0.5) is 0 Å². The van der Waals surface area contributed by atoms with Gasteiger partial charge in [0.05, 0.1) is 12.2 Å². The summed E-state index contributed by atoms with van der Waals surface area (Å²) in [5.74, 6) is 2.70. The van der Waals surface area contributed by atoms with Gasteiger partial charge >= 0.3 is 0 Å². The predicted octanol–water partition coefficient (Wildman–Crippen LogP) is 1.04. The third-order valence-electron chi connectivity index (χ3n) is 1.64. The fourth-order valence-corrected chi connectivity index (χ4v) is 1.11. The molecule has 0 aromatic heterocycles. The molecule has 2 atom stereocenters. The van der Waals surface area contributed by atoms with E-state index >= 15 is 0 Å². The highest BCUT2D eigenvalue weighted by atomic mass is 16.5. The Labute approximate surface area is 68.6 Å². The van der Waals surface area contributed by atoms with Gasteiger partial charge in [-0.25, -0.2) is 0 Å². The summed E-state index contributed by atoms with van der Waals surface area (Å²) in [6.45, 7) is 3.99. The number of aliphatic hydroxyl groups excluding tert-OH is 1. The average Bonchev–Trinajstić information content (AvgIpc) is 1.88. The molecule has 0 aromatic rings. The van der Waals surface area contributed by atoms with Crippen LogP contribution in [0.1, 0.15) is 20.3 Å².